The zero-order valence-corrected chi connectivity index (χ0v) is 16.2. The Morgan fingerprint density at radius 1 is 0.808 bits per heavy atom. The Balaban J connectivity index is 1.51. The fourth-order valence-corrected chi connectivity index (χ4v) is 5.06. The van der Waals surface area contributed by atoms with Gasteiger partial charge in [-0.05, 0) is 49.9 Å². The Labute approximate surface area is 157 Å². The van der Waals surface area contributed by atoms with Gasteiger partial charge in [-0.1, -0.05) is 42.5 Å². The molecule has 2 aliphatic heterocycles. The Hall–Kier alpha value is -1.84. The summed E-state index contributed by atoms with van der Waals surface area (Å²) >= 11 is 0. The highest BCUT2D eigenvalue weighted by Gasteiger charge is 2.54. The van der Waals surface area contributed by atoms with E-state index >= 15 is 0 Å². The first kappa shape index (κ1) is 17.6. The van der Waals surface area contributed by atoms with Crippen LogP contribution in [0.25, 0.3) is 0 Å². The molecule has 2 aromatic rings. The van der Waals surface area contributed by atoms with Gasteiger partial charge < -0.3 is 4.74 Å². The van der Waals surface area contributed by atoms with Crippen LogP contribution >= 0.6 is 0 Å². The lowest BCUT2D eigenvalue weighted by Gasteiger charge is -2.52. The van der Waals surface area contributed by atoms with Crippen LogP contribution in [0.3, 0.4) is 0 Å². The minimum absolute atomic E-state index is 0.252. The average molecular weight is 351 g/mol. The largest absolute Gasteiger partial charge is 0.497 e. The maximum atomic E-state index is 5.30. The Bertz CT molecular complexity index is 725. The summed E-state index contributed by atoms with van der Waals surface area (Å²) in [5, 5.41) is 0. The first-order valence-electron chi connectivity index (χ1n) is 9.68. The van der Waals surface area contributed by atoms with E-state index in [4.69, 9.17) is 4.74 Å². The van der Waals surface area contributed by atoms with Crippen molar-refractivity contribution in [2.75, 3.05) is 20.2 Å². The van der Waals surface area contributed by atoms with Gasteiger partial charge in [0.05, 0.1) is 7.11 Å². The molecule has 26 heavy (non-hydrogen) atoms. The highest BCUT2D eigenvalue weighted by molar-refractivity contribution is 5.28. The Kier molecular flexibility index (Phi) is 4.54. The maximum Gasteiger partial charge on any atom is 0.118 e. The first-order chi connectivity index (χ1) is 12.5. The standard InChI is InChI=1S/C23H30N2O/c1-22-13-14-23(2,18-24(17-22)15-19-7-5-4-6-8-19)25(22)16-20-9-11-21(26-3)12-10-20/h4-12H,13-18H2,1-3H3. The number of rotatable bonds is 5. The van der Waals surface area contributed by atoms with Crippen LogP contribution in [0.4, 0.5) is 0 Å². The van der Waals surface area contributed by atoms with Gasteiger partial charge in [0.25, 0.3) is 0 Å². The zero-order chi connectivity index (χ0) is 18.2. The molecule has 0 saturated carbocycles. The molecule has 2 atom stereocenters. The number of piperazine rings is 1. The van der Waals surface area contributed by atoms with E-state index in [1.807, 2.05) is 0 Å². The summed E-state index contributed by atoms with van der Waals surface area (Å²) < 4.78 is 5.30. The van der Waals surface area contributed by atoms with Gasteiger partial charge in [-0.15, -0.1) is 0 Å². The van der Waals surface area contributed by atoms with Crippen molar-refractivity contribution in [1.82, 2.24) is 9.80 Å². The molecule has 2 saturated heterocycles. The van der Waals surface area contributed by atoms with Crippen molar-refractivity contribution in [1.29, 1.82) is 0 Å². The molecule has 2 unspecified atom stereocenters. The average Bonchev–Trinajstić information content (AvgIpc) is 2.79. The summed E-state index contributed by atoms with van der Waals surface area (Å²) in [6, 6.07) is 19.5. The molecule has 2 heterocycles. The number of likely N-dealkylation sites (tertiary alicyclic amines) is 1. The van der Waals surface area contributed by atoms with E-state index in [2.05, 4.69) is 78.2 Å². The lowest BCUT2D eigenvalue weighted by atomic mass is 9.93. The highest BCUT2D eigenvalue weighted by atomic mass is 16.5. The Morgan fingerprint density at radius 3 is 1.96 bits per heavy atom. The molecule has 0 spiro atoms. The van der Waals surface area contributed by atoms with E-state index in [0.717, 1.165) is 31.9 Å². The van der Waals surface area contributed by atoms with Crippen LogP contribution in [-0.4, -0.2) is 41.1 Å². The molecule has 2 aromatic carbocycles. The van der Waals surface area contributed by atoms with E-state index in [9.17, 15) is 0 Å². The molecule has 138 valence electrons. The van der Waals surface area contributed by atoms with Gasteiger partial charge in [-0.2, -0.15) is 0 Å². The molecule has 0 aliphatic carbocycles. The second-order valence-electron chi connectivity index (χ2n) is 8.56. The molecule has 3 nitrogen and oxygen atoms in total. The Morgan fingerprint density at radius 2 is 1.38 bits per heavy atom. The third-order valence-electron chi connectivity index (χ3n) is 6.38. The third-order valence-corrected chi connectivity index (χ3v) is 6.38. The van der Waals surface area contributed by atoms with Crippen molar-refractivity contribution in [3.63, 3.8) is 0 Å². The number of fused-ring (bicyclic) bond motifs is 2. The fourth-order valence-electron chi connectivity index (χ4n) is 5.06. The van der Waals surface area contributed by atoms with Gasteiger partial charge in [0.2, 0.25) is 0 Å². The number of nitrogens with zero attached hydrogens (tertiary/aromatic N) is 2. The van der Waals surface area contributed by atoms with Gasteiger partial charge in [0.1, 0.15) is 5.75 Å². The number of benzene rings is 2. The predicted octanol–water partition coefficient (Wildman–Crippen LogP) is 4.32. The number of ether oxygens (including phenoxy) is 1. The predicted molar refractivity (Wildman–Crippen MR) is 106 cm³/mol. The van der Waals surface area contributed by atoms with Crippen molar-refractivity contribution in [3.05, 3.63) is 65.7 Å². The molecule has 0 radical (unpaired) electrons. The van der Waals surface area contributed by atoms with Crippen LogP contribution in [0.1, 0.15) is 37.8 Å². The molecule has 4 rings (SSSR count). The van der Waals surface area contributed by atoms with Gasteiger partial charge in [-0.3, -0.25) is 9.80 Å². The van der Waals surface area contributed by atoms with Gasteiger partial charge in [0.15, 0.2) is 0 Å². The van der Waals surface area contributed by atoms with Crippen LogP contribution in [0.15, 0.2) is 54.6 Å². The molecule has 0 amide bonds. The fraction of sp³-hybridized carbons (Fsp3) is 0.478. The van der Waals surface area contributed by atoms with Crippen molar-refractivity contribution in [2.24, 2.45) is 0 Å². The lowest BCUT2D eigenvalue weighted by Crippen LogP contribution is -2.64. The number of hydrogen-bond acceptors (Lipinski definition) is 3. The van der Waals surface area contributed by atoms with E-state index in [-0.39, 0.29) is 11.1 Å². The van der Waals surface area contributed by atoms with E-state index in [1.165, 1.54) is 24.0 Å². The topological polar surface area (TPSA) is 15.7 Å². The molecule has 3 heteroatoms. The lowest BCUT2D eigenvalue weighted by molar-refractivity contribution is -0.0458. The monoisotopic (exact) mass is 350 g/mol. The van der Waals surface area contributed by atoms with Crippen LogP contribution in [0.5, 0.6) is 5.75 Å². The van der Waals surface area contributed by atoms with E-state index in [1.54, 1.807) is 7.11 Å². The summed E-state index contributed by atoms with van der Waals surface area (Å²) in [5.74, 6) is 0.932. The highest BCUT2D eigenvalue weighted by Crippen LogP contribution is 2.46. The van der Waals surface area contributed by atoms with Gasteiger partial charge >= 0.3 is 0 Å². The van der Waals surface area contributed by atoms with Crippen molar-refractivity contribution in [2.45, 2.75) is 50.9 Å². The molecule has 2 fully saturated rings. The second-order valence-corrected chi connectivity index (χ2v) is 8.56. The smallest absolute Gasteiger partial charge is 0.118 e. The van der Waals surface area contributed by atoms with Gasteiger partial charge in [0, 0.05) is 37.3 Å². The zero-order valence-electron chi connectivity index (χ0n) is 16.2. The van der Waals surface area contributed by atoms with Crippen molar-refractivity contribution >= 4 is 0 Å². The molecular weight excluding hydrogens is 320 g/mol. The SMILES string of the molecule is COc1ccc(CN2C3(C)CCC2(C)CN(Cc2ccccc2)C3)cc1. The van der Waals surface area contributed by atoms with Crippen molar-refractivity contribution < 1.29 is 4.74 Å². The van der Waals surface area contributed by atoms with Crippen LogP contribution in [-0.2, 0) is 13.1 Å². The quantitative estimate of drug-likeness (QED) is 0.798. The molecule has 2 aliphatic rings. The second kappa shape index (κ2) is 6.71. The first-order valence-corrected chi connectivity index (χ1v) is 9.68. The minimum atomic E-state index is 0.252. The summed E-state index contributed by atoms with van der Waals surface area (Å²) in [6.45, 7) is 9.29. The van der Waals surface area contributed by atoms with Gasteiger partial charge in [-0.25, -0.2) is 0 Å². The van der Waals surface area contributed by atoms with Crippen LogP contribution in [0, 0.1) is 0 Å². The normalized spacial score (nSPS) is 29.0. The van der Waals surface area contributed by atoms with Crippen LogP contribution < -0.4 is 4.74 Å². The van der Waals surface area contributed by atoms with Crippen LogP contribution in [0.2, 0.25) is 0 Å². The summed E-state index contributed by atoms with van der Waals surface area (Å²) in [4.78, 5) is 5.43. The summed E-state index contributed by atoms with van der Waals surface area (Å²) in [7, 11) is 1.73. The summed E-state index contributed by atoms with van der Waals surface area (Å²) in [6.07, 6.45) is 2.57. The molecule has 0 aromatic heterocycles. The summed E-state index contributed by atoms with van der Waals surface area (Å²) in [5.41, 5.74) is 3.30. The van der Waals surface area contributed by atoms with Crippen molar-refractivity contribution in [3.8, 4) is 5.75 Å². The third kappa shape index (κ3) is 3.26. The van der Waals surface area contributed by atoms with E-state index in [0.29, 0.717) is 0 Å². The van der Waals surface area contributed by atoms with E-state index < -0.39 is 0 Å². The molecule has 2 bridgehead atoms. The maximum absolute atomic E-state index is 5.30. The molecule has 0 N–H and O–H groups in total. The number of hydrogen-bond donors (Lipinski definition) is 0. The number of methoxy groups -OCH3 is 1. The molecular formula is C23H30N2O. The minimum Gasteiger partial charge on any atom is -0.497 e.